The second-order valence-corrected chi connectivity index (χ2v) is 8.32. The van der Waals surface area contributed by atoms with Crippen LogP contribution in [-0.4, -0.2) is 45.4 Å². The monoisotopic (exact) mass is 404 g/mol. The van der Waals surface area contributed by atoms with E-state index in [0.29, 0.717) is 27.2 Å². The highest BCUT2D eigenvalue weighted by atomic mass is 32.1. The number of aryl methyl sites for hydroxylation is 1. The van der Waals surface area contributed by atoms with Gasteiger partial charge in [-0.3, -0.25) is 19.0 Å². The van der Waals surface area contributed by atoms with Gasteiger partial charge in [0.2, 0.25) is 5.91 Å². The number of nitrogens with one attached hydrogen (secondary N) is 1. The molecule has 0 aliphatic carbocycles. The number of fused-ring (bicyclic) bond motifs is 1. The third kappa shape index (κ3) is 3.97. The molecule has 1 aliphatic rings. The zero-order valence-corrected chi connectivity index (χ0v) is 17.6. The number of likely N-dealkylation sites (tertiary alicyclic amines) is 1. The first kappa shape index (κ1) is 20.5. The molecule has 0 aromatic carbocycles. The fourth-order valence-corrected chi connectivity index (χ4v) is 4.87. The minimum absolute atomic E-state index is 0.00121. The smallest absolute Gasteiger partial charge is 0.264 e. The number of carbonyl (C=O) groups excluding carboxylic acids is 2. The largest absolute Gasteiger partial charge is 0.355 e. The van der Waals surface area contributed by atoms with Crippen molar-refractivity contribution in [2.75, 3.05) is 13.1 Å². The van der Waals surface area contributed by atoms with Gasteiger partial charge < -0.3 is 10.2 Å². The highest BCUT2D eigenvalue weighted by molar-refractivity contribution is 7.20. The van der Waals surface area contributed by atoms with Crippen molar-refractivity contribution in [3.05, 3.63) is 27.1 Å². The molecule has 0 saturated carbocycles. The molecular weight excluding hydrogens is 376 g/mol. The molecule has 1 saturated heterocycles. The third-order valence-electron chi connectivity index (χ3n) is 5.36. The third-order valence-corrected chi connectivity index (χ3v) is 6.54. The molecule has 3 heterocycles. The van der Waals surface area contributed by atoms with Crippen LogP contribution < -0.4 is 10.9 Å². The number of rotatable bonds is 6. The molecule has 1 unspecified atom stereocenters. The van der Waals surface area contributed by atoms with Crippen molar-refractivity contribution in [2.24, 2.45) is 0 Å². The Hall–Kier alpha value is -2.22. The lowest BCUT2D eigenvalue weighted by molar-refractivity contribution is -0.121. The molecule has 3 rings (SSSR count). The van der Waals surface area contributed by atoms with Crippen LogP contribution in [0.2, 0.25) is 0 Å². The highest BCUT2D eigenvalue weighted by Gasteiger charge is 2.29. The van der Waals surface area contributed by atoms with Gasteiger partial charge in [-0.15, -0.1) is 11.3 Å². The average molecular weight is 405 g/mol. The highest BCUT2D eigenvalue weighted by Crippen LogP contribution is 2.30. The molecule has 7 nitrogen and oxygen atoms in total. The van der Waals surface area contributed by atoms with Crippen LogP contribution in [0.1, 0.15) is 61.2 Å². The van der Waals surface area contributed by atoms with Crippen molar-refractivity contribution < 1.29 is 9.59 Å². The lowest BCUT2D eigenvalue weighted by Gasteiger charge is -2.35. The Kier molecular flexibility index (Phi) is 6.49. The van der Waals surface area contributed by atoms with Crippen LogP contribution in [0.5, 0.6) is 0 Å². The fraction of sp³-hybridized carbons (Fsp3) is 0.600. The minimum Gasteiger partial charge on any atom is -0.355 e. The molecule has 8 heteroatoms. The van der Waals surface area contributed by atoms with Gasteiger partial charge in [-0.05, 0) is 44.6 Å². The SMILES string of the molecule is CCCNC(=O)Cn1cnc2sc(C(=O)N3CCCCC3CC)c(C)c2c1=O. The van der Waals surface area contributed by atoms with Crippen LogP contribution in [0.4, 0.5) is 0 Å². The molecule has 2 amide bonds. The van der Waals surface area contributed by atoms with E-state index in [1.807, 2.05) is 18.7 Å². The summed E-state index contributed by atoms with van der Waals surface area (Å²) < 4.78 is 1.32. The summed E-state index contributed by atoms with van der Waals surface area (Å²) in [5.74, 6) is -0.216. The molecule has 1 fully saturated rings. The second kappa shape index (κ2) is 8.86. The Balaban J connectivity index is 1.92. The molecule has 0 spiro atoms. The molecule has 0 bridgehead atoms. The minimum atomic E-state index is -0.268. The quantitative estimate of drug-likeness (QED) is 0.802. The summed E-state index contributed by atoms with van der Waals surface area (Å²) in [6.45, 7) is 7.16. The van der Waals surface area contributed by atoms with Gasteiger partial charge in [0, 0.05) is 19.1 Å². The molecular formula is C20H28N4O3S. The van der Waals surface area contributed by atoms with Crippen molar-refractivity contribution in [2.45, 2.75) is 65.5 Å². The van der Waals surface area contributed by atoms with E-state index in [-0.39, 0.29) is 30.0 Å². The van der Waals surface area contributed by atoms with Gasteiger partial charge in [0.1, 0.15) is 11.4 Å². The number of thiophene rings is 1. The Morgan fingerprint density at radius 1 is 1.32 bits per heavy atom. The molecule has 28 heavy (non-hydrogen) atoms. The second-order valence-electron chi connectivity index (χ2n) is 7.32. The number of nitrogens with zero attached hydrogens (tertiary/aromatic N) is 3. The predicted molar refractivity (Wildman–Crippen MR) is 111 cm³/mol. The van der Waals surface area contributed by atoms with Gasteiger partial charge in [0.15, 0.2) is 0 Å². The number of carbonyl (C=O) groups is 2. The molecule has 2 aromatic heterocycles. The van der Waals surface area contributed by atoms with E-state index < -0.39 is 0 Å². The van der Waals surface area contributed by atoms with Gasteiger partial charge in [0.05, 0.1) is 16.6 Å². The fourth-order valence-electron chi connectivity index (χ4n) is 3.77. The van der Waals surface area contributed by atoms with Gasteiger partial charge >= 0.3 is 0 Å². The first-order valence-electron chi connectivity index (χ1n) is 10.0. The van der Waals surface area contributed by atoms with Crippen LogP contribution in [0.25, 0.3) is 10.2 Å². The van der Waals surface area contributed by atoms with Crippen molar-refractivity contribution in [1.82, 2.24) is 19.8 Å². The van der Waals surface area contributed by atoms with Gasteiger partial charge in [-0.2, -0.15) is 0 Å². The van der Waals surface area contributed by atoms with E-state index >= 15 is 0 Å². The van der Waals surface area contributed by atoms with Crippen molar-refractivity contribution >= 4 is 33.4 Å². The maximum Gasteiger partial charge on any atom is 0.264 e. The summed E-state index contributed by atoms with van der Waals surface area (Å²) in [6, 6.07) is 0.262. The maximum absolute atomic E-state index is 13.2. The van der Waals surface area contributed by atoms with Gasteiger partial charge in [0.25, 0.3) is 11.5 Å². The van der Waals surface area contributed by atoms with Gasteiger partial charge in [-0.25, -0.2) is 4.98 Å². The first-order chi connectivity index (χ1) is 13.5. The Morgan fingerprint density at radius 3 is 2.82 bits per heavy atom. The number of hydrogen-bond acceptors (Lipinski definition) is 5. The number of aromatic nitrogens is 2. The first-order valence-corrected chi connectivity index (χ1v) is 10.9. The Morgan fingerprint density at radius 2 is 2.11 bits per heavy atom. The predicted octanol–water partition coefficient (Wildman–Crippen LogP) is 2.70. The summed E-state index contributed by atoms with van der Waals surface area (Å²) >= 11 is 1.28. The summed E-state index contributed by atoms with van der Waals surface area (Å²) in [5, 5.41) is 3.21. The summed E-state index contributed by atoms with van der Waals surface area (Å²) in [7, 11) is 0. The topological polar surface area (TPSA) is 84.3 Å². The van der Waals surface area contributed by atoms with Crippen molar-refractivity contribution in [1.29, 1.82) is 0 Å². The maximum atomic E-state index is 13.2. The van der Waals surface area contributed by atoms with E-state index in [1.54, 1.807) is 0 Å². The number of amides is 2. The van der Waals surface area contributed by atoms with Crippen molar-refractivity contribution in [3.63, 3.8) is 0 Å². The van der Waals surface area contributed by atoms with E-state index in [9.17, 15) is 14.4 Å². The van der Waals surface area contributed by atoms with E-state index in [2.05, 4.69) is 17.2 Å². The summed E-state index contributed by atoms with van der Waals surface area (Å²) in [6.07, 6.45) is 6.38. The molecule has 0 radical (unpaired) electrons. The lowest BCUT2D eigenvalue weighted by atomic mass is 9.99. The van der Waals surface area contributed by atoms with Gasteiger partial charge in [-0.1, -0.05) is 13.8 Å². The van der Waals surface area contributed by atoms with Crippen LogP contribution in [0.15, 0.2) is 11.1 Å². The normalized spacial score (nSPS) is 17.1. The van der Waals surface area contributed by atoms with Crippen LogP contribution in [0, 0.1) is 6.92 Å². The van der Waals surface area contributed by atoms with E-state index in [1.165, 1.54) is 22.2 Å². The number of piperidine rings is 1. The average Bonchev–Trinajstić information content (AvgIpc) is 3.05. The summed E-state index contributed by atoms with van der Waals surface area (Å²) in [4.78, 5) is 45.5. The molecule has 1 atom stereocenters. The van der Waals surface area contributed by atoms with Crippen LogP contribution in [0.3, 0.4) is 0 Å². The van der Waals surface area contributed by atoms with E-state index in [4.69, 9.17) is 0 Å². The van der Waals surface area contributed by atoms with Crippen LogP contribution in [-0.2, 0) is 11.3 Å². The zero-order chi connectivity index (χ0) is 20.3. The standard InChI is InChI=1S/C20H28N4O3S/c1-4-9-21-15(25)11-23-12-22-18-16(19(23)26)13(3)17(28-18)20(27)24-10-7-6-8-14(24)5-2/h12,14H,4-11H2,1-3H3,(H,21,25). The number of hydrogen-bond donors (Lipinski definition) is 1. The molecule has 1 aliphatic heterocycles. The summed E-state index contributed by atoms with van der Waals surface area (Å²) in [5.41, 5.74) is 0.404. The Labute approximate surface area is 168 Å². The molecule has 2 aromatic rings. The zero-order valence-electron chi connectivity index (χ0n) is 16.8. The lowest BCUT2D eigenvalue weighted by Crippen LogP contribution is -2.43. The van der Waals surface area contributed by atoms with Crippen molar-refractivity contribution in [3.8, 4) is 0 Å². The molecule has 1 N–H and O–H groups in total. The Bertz CT molecular complexity index is 933. The van der Waals surface area contributed by atoms with Crippen LogP contribution >= 0.6 is 11.3 Å². The van der Waals surface area contributed by atoms with E-state index in [0.717, 1.165) is 38.6 Å². The molecule has 152 valence electrons.